The summed E-state index contributed by atoms with van der Waals surface area (Å²) in [6.07, 6.45) is 3.20. The van der Waals surface area contributed by atoms with Crippen LogP contribution in [0.4, 0.5) is 5.82 Å². The lowest BCUT2D eigenvalue weighted by atomic mass is 10.1. The van der Waals surface area contributed by atoms with Gasteiger partial charge in [-0.25, -0.2) is 14.6 Å². The number of benzene rings is 1. The van der Waals surface area contributed by atoms with E-state index in [1.165, 1.54) is 5.56 Å². The van der Waals surface area contributed by atoms with E-state index >= 15 is 0 Å². The largest absolute Gasteiger partial charge is 0.396 e. The van der Waals surface area contributed by atoms with E-state index in [0.717, 1.165) is 41.8 Å². The maximum Gasteiger partial charge on any atom is 0.159 e. The topological polar surface area (TPSA) is 76.3 Å². The SMILES string of the molecule is Cc1cccc(-c2ccn(-c3cc(N4CCOCC4)nc(CCCO)n3)n2)c1. The molecule has 1 fully saturated rings. The third kappa shape index (κ3) is 4.21. The minimum atomic E-state index is 0.125. The van der Waals surface area contributed by atoms with Gasteiger partial charge < -0.3 is 14.7 Å². The molecule has 0 amide bonds. The van der Waals surface area contributed by atoms with Crippen molar-refractivity contribution in [2.75, 3.05) is 37.8 Å². The maximum absolute atomic E-state index is 9.18. The normalized spacial score (nSPS) is 14.4. The van der Waals surface area contributed by atoms with Gasteiger partial charge >= 0.3 is 0 Å². The predicted octanol–water partition coefficient (Wildman–Crippen LogP) is 2.40. The highest BCUT2D eigenvalue weighted by molar-refractivity contribution is 5.60. The number of rotatable bonds is 6. The van der Waals surface area contributed by atoms with Crippen molar-refractivity contribution in [1.82, 2.24) is 19.7 Å². The van der Waals surface area contributed by atoms with Crippen LogP contribution in [-0.2, 0) is 11.2 Å². The zero-order chi connectivity index (χ0) is 19.3. The van der Waals surface area contributed by atoms with Gasteiger partial charge in [0.05, 0.1) is 18.9 Å². The number of aliphatic hydroxyl groups is 1. The second-order valence-corrected chi connectivity index (χ2v) is 6.94. The van der Waals surface area contributed by atoms with Crippen LogP contribution in [0.25, 0.3) is 17.1 Å². The highest BCUT2D eigenvalue weighted by Gasteiger charge is 2.16. The lowest BCUT2D eigenvalue weighted by molar-refractivity contribution is 0.122. The van der Waals surface area contributed by atoms with Crippen LogP contribution in [0, 0.1) is 6.92 Å². The molecule has 1 aromatic carbocycles. The number of aromatic nitrogens is 4. The summed E-state index contributed by atoms with van der Waals surface area (Å²) in [6.45, 7) is 5.22. The molecule has 7 nitrogen and oxygen atoms in total. The van der Waals surface area contributed by atoms with Gasteiger partial charge in [-0.1, -0.05) is 23.8 Å². The molecule has 0 bridgehead atoms. The van der Waals surface area contributed by atoms with E-state index in [0.29, 0.717) is 26.1 Å². The van der Waals surface area contributed by atoms with Crippen LogP contribution >= 0.6 is 0 Å². The third-order valence-electron chi connectivity index (χ3n) is 4.78. The van der Waals surface area contributed by atoms with Gasteiger partial charge in [-0.05, 0) is 25.5 Å². The van der Waals surface area contributed by atoms with E-state index in [-0.39, 0.29) is 6.61 Å². The lowest BCUT2D eigenvalue weighted by Gasteiger charge is -2.28. The summed E-state index contributed by atoms with van der Waals surface area (Å²) >= 11 is 0. The minimum Gasteiger partial charge on any atom is -0.396 e. The zero-order valence-corrected chi connectivity index (χ0v) is 16.1. The number of anilines is 1. The van der Waals surface area contributed by atoms with Gasteiger partial charge in [-0.2, -0.15) is 5.10 Å². The molecule has 2 aromatic heterocycles. The molecule has 4 rings (SSSR count). The quantitative estimate of drug-likeness (QED) is 0.709. The Kier molecular flexibility index (Phi) is 5.64. The van der Waals surface area contributed by atoms with E-state index in [2.05, 4.69) is 35.0 Å². The van der Waals surface area contributed by atoms with E-state index in [1.54, 1.807) is 4.68 Å². The molecule has 0 radical (unpaired) electrons. The molecular formula is C21H25N5O2. The Balaban J connectivity index is 1.67. The maximum atomic E-state index is 9.18. The van der Waals surface area contributed by atoms with Gasteiger partial charge in [-0.3, -0.25) is 0 Å². The molecule has 0 spiro atoms. The molecule has 1 aliphatic heterocycles. The van der Waals surface area contributed by atoms with Crippen molar-refractivity contribution < 1.29 is 9.84 Å². The Bertz CT molecular complexity index is 934. The Morgan fingerprint density at radius 1 is 1.07 bits per heavy atom. The summed E-state index contributed by atoms with van der Waals surface area (Å²) in [6, 6.07) is 12.3. The first-order valence-corrected chi connectivity index (χ1v) is 9.67. The second-order valence-electron chi connectivity index (χ2n) is 6.94. The van der Waals surface area contributed by atoms with Crippen LogP contribution in [0.5, 0.6) is 0 Å². The number of aryl methyl sites for hydroxylation is 2. The van der Waals surface area contributed by atoms with E-state index in [4.69, 9.17) is 14.8 Å². The predicted molar refractivity (Wildman–Crippen MR) is 108 cm³/mol. The molecule has 28 heavy (non-hydrogen) atoms. The van der Waals surface area contributed by atoms with Crippen molar-refractivity contribution in [2.45, 2.75) is 19.8 Å². The van der Waals surface area contributed by atoms with Crippen LogP contribution in [0.2, 0.25) is 0 Å². The Labute approximate surface area is 164 Å². The second kappa shape index (κ2) is 8.50. The third-order valence-corrected chi connectivity index (χ3v) is 4.78. The molecular weight excluding hydrogens is 354 g/mol. The average Bonchev–Trinajstić information content (AvgIpc) is 3.23. The first kappa shape index (κ1) is 18.6. The molecule has 0 saturated carbocycles. The number of aliphatic hydroxyl groups excluding tert-OH is 1. The van der Waals surface area contributed by atoms with Crippen molar-refractivity contribution in [2.24, 2.45) is 0 Å². The number of hydrogen-bond acceptors (Lipinski definition) is 6. The smallest absolute Gasteiger partial charge is 0.159 e. The molecule has 1 saturated heterocycles. The summed E-state index contributed by atoms with van der Waals surface area (Å²) in [7, 11) is 0. The molecule has 0 aliphatic carbocycles. The van der Waals surface area contributed by atoms with Gasteiger partial charge in [0, 0.05) is 43.9 Å². The Morgan fingerprint density at radius 3 is 2.68 bits per heavy atom. The first-order valence-electron chi connectivity index (χ1n) is 9.67. The Hall–Kier alpha value is -2.77. The van der Waals surface area contributed by atoms with Crippen molar-refractivity contribution in [1.29, 1.82) is 0 Å². The highest BCUT2D eigenvalue weighted by Crippen LogP contribution is 2.21. The zero-order valence-electron chi connectivity index (χ0n) is 16.1. The molecule has 146 valence electrons. The molecule has 1 N–H and O–H groups in total. The van der Waals surface area contributed by atoms with Crippen LogP contribution < -0.4 is 4.90 Å². The number of ether oxygens (including phenoxy) is 1. The van der Waals surface area contributed by atoms with E-state index in [1.807, 2.05) is 24.4 Å². The highest BCUT2D eigenvalue weighted by atomic mass is 16.5. The number of nitrogens with zero attached hydrogens (tertiary/aromatic N) is 5. The van der Waals surface area contributed by atoms with Gasteiger partial charge in [0.15, 0.2) is 5.82 Å². The fourth-order valence-electron chi connectivity index (χ4n) is 3.30. The van der Waals surface area contributed by atoms with Crippen LogP contribution in [-0.4, -0.2) is 57.8 Å². The average molecular weight is 379 g/mol. The van der Waals surface area contributed by atoms with Gasteiger partial charge in [0.2, 0.25) is 0 Å². The minimum absolute atomic E-state index is 0.125. The van der Waals surface area contributed by atoms with E-state index < -0.39 is 0 Å². The summed E-state index contributed by atoms with van der Waals surface area (Å²) in [5, 5.41) is 13.9. The van der Waals surface area contributed by atoms with Gasteiger partial charge in [-0.15, -0.1) is 0 Å². The molecule has 3 aromatic rings. The van der Waals surface area contributed by atoms with Crippen molar-refractivity contribution >= 4 is 5.82 Å². The van der Waals surface area contributed by atoms with Crippen LogP contribution in [0.15, 0.2) is 42.6 Å². The van der Waals surface area contributed by atoms with Crippen molar-refractivity contribution in [3.63, 3.8) is 0 Å². The molecule has 1 aliphatic rings. The fourth-order valence-corrected chi connectivity index (χ4v) is 3.30. The Morgan fingerprint density at radius 2 is 1.89 bits per heavy atom. The van der Waals surface area contributed by atoms with Gasteiger partial charge in [0.1, 0.15) is 11.6 Å². The monoisotopic (exact) mass is 379 g/mol. The standard InChI is InChI=1S/C21H25N5O2/c1-16-4-2-5-17(14-16)18-7-8-26(24-18)21-15-20(25-9-12-28-13-10-25)22-19(23-21)6-3-11-27/h2,4-5,7-8,14-15,27H,3,6,9-13H2,1H3. The molecule has 0 atom stereocenters. The van der Waals surface area contributed by atoms with Crippen LogP contribution in [0.1, 0.15) is 17.8 Å². The first-order chi connectivity index (χ1) is 13.7. The van der Waals surface area contributed by atoms with Gasteiger partial charge in [0.25, 0.3) is 0 Å². The summed E-state index contributed by atoms with van der Waals surface area (Å²) in [4.78, 5) is 11.6. The molecule has 7 heteroatoms. The number of hydrogen-bond donors (Lipinski definition) is 1. The summed E-state index contributed by atoms with van der Waals surface area (Å²) in [5.74, 6) is 2.35. The molecule has 0 unspecified atom stereocenters. The summed E-state index contributed by atoms with van der Waals surface area (Å²) < 4.78 is 7.25. The molecule has 3 heterocycles. The van der Waals surface area contributed by atoms with Crippen molar-refractivity contribution in [3.8, 4) is 17.1 Å². The van der Waals surface area contributed by atoms with Crippen LogP contribution in [0.3, 0.4) is 0 Å². The van der Waals surface area contributed by atoms with E-state index in [9.17, 15) is 5.11 Å². The summed E-state index contributed by atoms with van der Waals surface area (Å²) in [5.41, 5.74) is 3.20. The lowest BCUT2D eigenvalue weighted by Crippen LogP contribution is -2.37. The van der Waals surface area contributed by atoms with Crippen molar-refractivity contribution in [3.05, 3.63) is 54.0 Å². The number of morpholine rings is 1. The fraction of sp³-hybridized carbons (Fsp3) is 0.381.